The molecule has 0 heterocycles. The van der Waals surface area contributed by atoms with E-state index in [1.807, 2.05) is 24.3 Å². The van der Waals surface area contributed by atoms with Gasteiger partial charge in [-0.05, 0) is 35.7 Å². The molecular formula is C17H19N3. The van der Waals surface area contributed by atoms with E-state index in [2.05, 4.69) is 42.3 Å². The molecule has 0 saturated heterocycles. The van der Waals surface area contributed by atoms with Gasteiger partial charge in [-0.3, -0.25) is 0 Å². The molecule has 0 aliphatic rings. The molecule has 2 aromatic carbocycles. The van der Waals surface area contributed by atoms with Crippen molar-refractivity contribution in [3.8, 4) is 6.07 Å². The molecule has 0 fully saturated rings. The first-order valence-corrected chi connectivity index (χ1v) is 6.71. The molecule has 2 aromatic rings. The van der Waals surface area contributed by atoms with Gasteiger partial charge in [-0.15, -0.1) is 0 Å². The Morgan fingerprint density at radius 2 is 1.90 bits per heavy atom. The first-order chi connectivity index (χ1) is 9.70. The molecule has 2 N–H and O–H groups in total. The lowest BCUT2D eigenvalue weighted by Crippen LogP contribution is -2.20. The van der Waals surface area contributed by atoms with Crippen LogP contribution < -0.4 is 10.6 Å². The molecule has 102 valence electrons. The zero-order valence-corrected chi connectivity index (χ0v) is 11.7. The highest BCUT2D eigenvalue weighted by atomic mass is 15.1. The predicted octanol–water partition coefficient (Wildman–Crippen LogP) is 3.01. The summed E-state index contributed by atoms with van der Waals surface area (Å²) < 4.78 is 0. The van der Waals surface area contributed by atoms with Crippen LogP contribution in [0.4, 0.5) is 11.4 Å². The zero-order chi connectivity index (χ0) is 14.4. The average molecular weight is 265 g/mol. The summed E-state index contributed by atoms with van der Waals surface area (Å²) in [6.45, 7) is 0.930. The minimum Gasteiger partial charge on any atom is -0.398 e. The fraction of sp³-hybridized carbons (Fsp3) is 0.235. The van der Waals surface area contributed by atoms with E-state index in [0.717, 1.165) is 24.2 Å². The van der Waals surface area contributed by atoms with Crippen LogP contribution in [0.2, 0.25) is 0 Å². The first kappa shape index (κ1) is 14.0. The Labute approximate surface area is 120 Å². The largest absolute Gasteiger partial charge is 0.398 e. The van der Waals surface area contributed by atoms with E-state index in [9.17, 15) is 0 Å². The number of nitrogens with two attached hydrogens (primary N) is 1. The fourth-order valence-electron chi connectivity index (χ4n) is 2.14. The van der Waals surface area contributed by atoms with Crippen molar-refractivity contribution in [1.29, 1.82) is 5.26 Å². The number of nitrogen functional groups attached to an aromatic ring is 1. The highest BCUT2D eigenvalue weighted by Crippen LogP contribution is 2.21. The summed E-state index contributed by atoms with van der Waals surface area (Å²) in [6.07, 6.45) is 1.35. The van der Waals surface area contributed by atoms with Gasteiger partial charge in [-0.25, -0.2) is 0 Å². The van der Waals surface area contributed by atoms with Crippen molar-refractivity contribution < 1.29 is 0 Å². The van der Waals surface area contributed by atoms with Crippen LogP contribution in [0.1, 0.15) is 11.1 Å². The standard InChI is InChI=1S/C17H19N3/c1-20(12-10-14-5-3-2-4-6-14)16-7-8-17(19)15(13-16)9-11-18/h2-8,13H,9-10,12,19H2,1H3. The highest BCUT2D eigenvalue weighted by Gasteiger charge is 2.05. The zero-order valence-electron chi connectivity index (χ0n) is 11.7. The van der Waals surface area contributed by atoms with E-state index in [-0.39, 0.29) is 0 Å². The number of nitriles is 1. The Balaban J connectivity index is 2.04. The summed E-state index contributed by atoms with van der Waals surface area (Å²) in [5.41, 5.74) is 9.88. The lowest BCUT2D eigenvalue weighted by Gasteiger charge is -2.20. The molecule has 0 unspecified atom stereocenters. The Bertz CT molecular complexity index is 599. The molecule has 0 bridgehead atoms. The first-order valence-electron chi connectivity index (χ1n) is 6.71. The summed E-state index contributed by atoms with van der Waals surface area (Å²) in [4.78, 5) is 2.19. The predicted molar refractivity (Wildman–Crippen MR) is 83.6 cm³/mol. The van der Waals surface area contributed by atoms with Crippen LogP contribution in [0.3, 0.4) is 0 Å². The highest BCUT2D eigenvalue weighted by molar-refractivity contribution is 5.59. The number of anilines is 2. The van der Waals surface area contributed by atoms with Gasteiger partial charge in [0.15, 0.2) is 0 Å². The molecule has 0 atom stereocenters. The molecule has 0 radical (unpaired) electrons. The summed E-state index contributed by atoms with van der Waals surface area (Å²) in [5.74, 6) is 0. The molecule has 0 aliphatic heterocycles. The molecule has 0 aliphatic carbocycles. The molecule has 0 saturated carbocycles. The van der Waals surface area contributed by atoms with Gasteiger partial charge in [-0.1, -0.05) is 30.3 Å². The summed E-state index contributed by atoms with van der Waals surface area (Å²) in [7, 11) is 2.06. The molecule has 0 amide bonds. The second-order valence-electron chi connectivity index (χ2n) is 4.88. The molecule has 3 nitrogen and oxygen atoms in total. The number of likely N-dealkylation sites (N-methyl/N-ethyl adjacent to an activating group) is 1. The van der Waals surface area contributed by atoms with Crippen LogP contribution in [0.5, 0.6) is 0 Å². The summed E-state index contributed by atoms with van der Waals surface area (Å²) in [6, 6.07) is 18.5. The van der Waals surface area contributed by atoms with Gasteiger partial charge in [0.1, 0.15) is 0 Å². The normalized spacial score (nSPS) is 10.0. The third kappa shape index (κ3) is 3.52. The molecule has 20 heavy (non-hydrogen) atoms. The fourth-order valence-corrected chi connectivity index (χ4v) is 2.14. The van der Waals surface area contributed by atoms with Crippen molar-refractivity contribution in [1.82, 2.24) is 0 Å². The minimum absolute atomic E-state index is 0.353. The number of nitrogens with zero attached hydrogens (tertiary/aromatic N) is 2. The monoisotopic (exact) mass is 265 g/mol. The van der Waals surface area contributed by atoms with Crippen molar-refractivity contribution >= 4 is 11.4 Å². The van der Waals surface area contributed by atoms with Crippen molar-refractivity contribution in [2.75, 3.05) is 24.2 Å². The number of rotatable bonds is 5. The second-order valence-corrected chi connectivity index (χ2v) is 4.88. The Hall–Kier alpha value is -2.47. The summed E-state index contributed by atoms with van der Waals surface area (Å²) in [5, 5.41) is 8.81. The van der Waals surface area contributed by atoms with Crippen LogP contribution in [0.15, 0.2) is 48.5 Å². The maximum atomic E-state index is 8.81. The van der Waals surface area contributed by atoms with Crippen molar-refractivity contribution in [2.24, 2.45) is 0 Å². The van der Waals surface area contributed by atoms with E-state index < -0.39 is 0 Å². The van der Waals surface area contributed by atoms with Crippen molar-refractivity contribution in [3.63, 3.8) is 0 Å². The quantitative estimate of drug-likeness (QED) is 0.845. The smallest absolute Gasteiger partial charge is 0.0670 e. The second kappa shape index (κ2) is 6.63. The van der Waals surface area contributed by atoms with E-state index in [4.69, 9.17) is 11.0 Å². The van der Waals surface area contributed by atoms with Gasteiger partial charge >= 0.3 is 0 Å². The lowest BCUT2D eigenvalue weighted by molar-refractivity contribution is 0.876. The van der Waals surface area contributed by atoms with Gasteiger partial charge in [-0.2, -0.15) is 5.26 Å². The maximum absolute atomic E-state index is 8.81. The van der Waals surface area contributed by atoms with Gasteiger partial charge in [0.2, 0.25) is 0 Å². The van der Waals surface area contributed by atoms with Gasteiger partial charge in [0.25, 0.3) is 0 Å². The van der Waals surface area contributed by atoms with Gasteiger partial charge in [0, 0.05) is 25.0 Å². The molecule has 0 aromatic heterocycles. The minimum atomic E-state index is 0.353. The maximum Gasteiger partial charge on any atom is 0.0670 e. The number of benzene rings is 2. The third-order valence-corrected chi connectivity index (χ3v) is 3.42. The van der Waals surface area contributed by atoms with E-state index in [1.165, 1.54) is 5.56 Å². The molecule has 3 heteroatoms. The van der Waals surface area contributed by atoms with Crippen LogP contribution >= 0.6 is 0 Å². The van der Waals surface area contributed by atoms with E-state index in [0.29, 0.717) is 12.1 Å². The van der Waals surface area contributed by atoms with Crippen molar-refractivity contribution in [2.45, 2.75) is 12.8 Å². The van der Waals surface area contributed by atoms with Crippen LogP contribution in [-0.4, -0.2) is 13.6 Å². The van der Waals surface area contributed by atoms with Gasteiger partial charge < -0.3 is 10.6 Å². The number of hydrogen-bond acceptors (Lipinski definition) is 3. The van der Waals surface area contributed by atoms with E-state index >= 15 is 0 Å². The average Bonchev–Trinajstić information content (AvgIpc) is 2.48. The Morgan fingerprint density at radius 1 is 1.15 bits per heavy atom. The third-order valence-electron chi connectivity index (χ3n) is 3.42. The Morgan fingerprint density at radius 3 is 2.60 bits per heavy atom. The Kier molecular flexibility index (Phi) is 4.62. The molecule has 2 rings (SSSR count). The van der Waals surface area contributed by atoms with Crippen LogP contribution in [0.25, 0.3) is 0 Å². The lowest BCUT2D eigenvalue weighted by atomic mass is 10.1. The van der Waals surface area contributed by atoms with Crippen LogP contribution in [0, 0.1) is 11.3 Å². The summed E-state index contributed by atoms with van der Waals surface area (Å²) >= 11 is 0. The molecule has 0 spiro atoms. The van der Waals surface area contributed by atoms with Gasteiger partial charge in [0.05, 0.1) is 12.5 Å². The topological polar surface area (TPSA) is 53.0 Å². The SMILES string of the molecule is CN(CCc1ccccc1)c1ccc(N)c(CC#N)c1. The number of hydrogen-bond donors (Lipinski definition) is 1. The molecular weight excluding hydrogens is 246 g/mol. The van der Waals surface area contributed by atoms with Crippen LogP contribution in [-0.2, 0) is 12.8 Å². The van der Waals surface area contributed by atoms with E-state index in [1.54, 1.807) is 0 Å². The van der Waals surface area contributed by atoms with Crippen molar-refractivity contribution in [3.05, 3.63) is 59.7 Å².